The van der Waals surface area contributed by atoms with Crippen LogP contribution in [0.25, 0.3) is 0 Å². The zero-order valence-electron chi connectivity index (χ0n) is 10.5. The van der Waals surface area contributed by atoms with Crippen molar-refractivity contribution in [3.63, 3.8) is 0 Å². The van der Waals surface area contributed by atoms with E-state index < -0.39 is 0 Å². The molecule has 0 aromatic rings. The Morgan fingerprint density at radius 3 is 2.53 bits per heavy atom. The van der Waals surface area contributed by atoms with Crippen LogP contribution in [0.3, 0.4) is 0 Å². The van der Waals surface area contributed by atoms with E-state index >= 15 is 0 Å². The maximum atomic E-state index is 4.42. The Balaban J connectivity index is 2.11. The number of hydrogen-bond acceptors (Lipinski definition) is 0. The lowest BCUT2D eigenvalue weighted by Gasteiger charge is -2.42. The van der Waals surface area contributed by atoms with Crippen LogP contribution in [0.1, 0.15) is 52.9 Å². The maximum Gasteiger partial charge on any atom is -0.00288 e. The summed E-state index contributed by atoms with van der Waals surface area (Å²) in [7, 11) is 0. The SMILES string of the molecule is C=C1CCC2C3CCC(C)C12CC3(C)C. The van der Waals surface area contributed by atoms with Crippen LogP contribution in [0.4, 0.5) is 0 Å². The zero-order chi connectivity index (χ0) is 10.8. The Morgan fingerprint density at radius 1 is 1.13 bits per heavy atom. The summed E-state index contributed by atoms with van der Waals surface area (Å²) in [6.45, 7) is 11.9. The van der Waals surface area contributed by atoms with Crippen molar-refractivity contribution in [1.82, 2.24) is 0 Å². The quantitative estimate of drug-likeness (QED) is 0.513. The third-order valence-electron chi connectivity index (χ3n) is 6.10. The van der Waals surface area contributed by atoms with Crippen LogP contribution < -0.4 is 0 Å². The average molecular weight is 204 g/mol. The highest BCUT2D eigenvalue weighted by molar-refractivity contribution is 5.27. The maximum absolute atomic E-state index is 4.42. The van der Waals surface area contributed by atoms with Crippen molar-refractivity contribution in [1.29, 1.82) is 0 Å². The van der Waals surface area contributed by atoms with Crippen molar-refractivity contribution in [2.75, 3.05) is 0 Å². The summed E-state index contributed by atoms with van der Waals surface area (Å²) < 4.78 is 0. The largest absolute Gasteiger partial charge is 0.0993 e. The van der Waals surface area contributed by atoms with Crippen molar-refractivity contribution >= 4 is 0 Å². The van der Waals surface area contributed by atoms with Gasteiger partial charge in [-0.25, -0.2) is 0 Å². The summed E-state index contributed by atoms with van der Waals surface area (Å²) in [5.74, 6) is 2.88. The molecule has 0 aliphatic heterocycles. The molecular weight excluding hydrogens is 180 g/mol. The summed E-state index contributed by atoms with van der Waals surface area (Å²) in [6.07, 6.45) is 7.12. The van der Waals surface area contributed by atoms with Gasteiger partial charge in [-0.3, -0.25) is 0 Å². The Hall–Kier alpha value is -0.260. The summed E-state index contributed by atoms with van der Waals surface area (Å²) in [4.78, 5) is 0. The van der Waals surface area contributed by atoms with Crippen LogP contribution in [0.5, 0.6) is 0 Å². The summed E-state index contributed by atoms with van der Waals surface area (Å²) in [5.41, 5.74) is 2.75. The minimum Gasteiger partial charge on any atom is -0.0993 e. The molecule has 0 spiro atoms. The van der Waals surface area contributed by atoms with Crippen molar-refractivity contribution in [2.45, 2.75) is 52.9 Å². The Bertz CT molecular complexity index is 312. The third-order valence-corrected chi connectivity index (χ3v) is 6.10. The zero-order valence-corrected chi connectivity index (χ0v) is 10.5. The van der Waals surface area contributed by atoms with Gasteiger partial charge in [-0.05, 0) is 60.7 Å². The van der Waals surface area contributed by atoms with Crippen LogP contribution in [0.2, 0.25) is 0 Å². The fraction of sp³-hybridized carbons (Fsp3) is 0.867. The van der Waals surface area contributed by atoms with E-state index in [-0.39, 0.29) is 0 Å². The second-order valence-electron chi connectivity index (χ2n) is 7.04. The van der Waals surface area contributed by atoms with Crippen molar-refractivity contribution in [3.8, 4) is 0 Å². The highest BCUT2D eigenvalue weighted by Gasteiger charge is 2.63. The van der Waals surface area contributed by atoms with Gasteiger partial charge in [0.15, 0.2) is 0 Å². The molecule has 2 bridgehead atoms. The lowest BCUT2D eigenvalue weighted by atomic mass is 9.62. The summed E-state index contributed by atoms with van der Waals surface area (Å²) in [5, 5.41) is 0. The first kappa shape index (κ1) is 9.93. The topological polar surface area (TPSA) is 0 Å². The molecule has 0 aromatic carbocycles. The molecular formula is C15H24. The van der Waals surface area contributed by atoms with Crippen molar-refractivity contribution < 1.29 is 0 Å². The molecule has 3 aliphatic carbocycles. The Labute approximate surface area is 94.1 Å². The normalized spacial score (nSPS) is 51.9. The number of allylic oxidation sites excluding steroid dienone is 1. The highest BCUT2D eigenvalue weighted by atomic mass is 14.7. The second kappa shape index (κ2) is 2.70. The molecule has 0 nitrogen and oxygen atoms in total. The van der Waals surface area contributed by atoms with Gasteiger partial charge in [-0.1, -0.05) is 32.9 Å². The van der Waals surface area contributed by atoms with Gasteiger partial charge in [0.1, 0.15) is 0 Å². The molecule has 3 rings (SSSR count). The lowest BCUT2D eigenvalue weighted by Crippen LogP contribution is -2.35. The minimum atomic E-state index is 0.562. The molecule has 4 atom stereocenters. The molecule has 0 amide bonds. The predicted octanol–water partition coefficient (Wildman–Crippen LogP) is 4.42. The summed E-state index contributed by atoms with van der Waals surface area (Å²) in [6, 6.07) is 0. The van der Waals surface area contributed by atoms with Crippen LogP contribution in [-0.2, 0) is 0 Å². The van der Waals surface area contributed by atoms with Crippen LogP contribution in [0.15, 0.2) is 12.2 Å². The monoisotopic (exact) mass is 204 g/mol. The number of rotatable bonds is 0. The molecule has 0 radical (unpaired) electrons. The standard InChI is InChI=1S/C15H24/c1-10-5-7-12-13-8-6-11(2)15(10,13)9-14(12,3)4/h10,12-13H,2,5-9H2,1,3-4H3. The van der Waals surface area contributed by atoms with Gasteiger partial charge < -0.3 is 0 Å². The first-order valence-corrected chi connectivity index (χ1v) is 6.67. The van der Waals surface area contributed by atoms with E-state index in [0.29, 0.717) is 10.8 Å². The highest BCUT2D eigenvalue weighted by Crippen LogP contribution is 2.72. The van der Waals surface area contributed by atoms with Gasteiger partial charge in [0.25, 0.3) is 0 Å². The molecule has 0 saturated heterocycles. The van der Waals surface area contributed by atoms with Gasteiger partial charge in [-0.2, -0.15) is 0 Å². The summed E-state index contributed by atoms with van der Waals surface area (Å²) >= 11 is 0. The van der Waals surface area contributed by atoms with Gasteiger partial charge >= 0.3 is 0 Å². The molecule has 3 saturated carbocycles. The van der Waals surface area contributed by atoms with E-state index in [1.165, 1.54) is 32.1 Å². The Morgan fingerprint density at radius 2 is 1.87 bits per heavy atom. The lowest BCUT2D eigenvalue weighted by molar-refractivity contribution is 0.0984. The van der Waals surface area contributed by atoms with Gasteiger partial charge in [0.2, 0.25) is 0 Å². The second-order valence-corrected chi connectivity index (χ2v) is 7.04. The average Bonchev–Trinajstić information content (AvgIpc) is 2.54. The molecule has 0 N–H and O–H groups in total. The van der Waals surface area contributed by atoms with E-state index in [4.69, 9.17) is 0 Å². The smallest absolute Gasteiger partial charge is 0.00288 e. The molecule has 3 aliphatic rings. The molecule has 0 heterocycles. The molecule has 15 heavy (non-hydrogen) atoms. The molecule has 0 aromatic heterocycles. The van der Waals surface area contributed by atoms with Crippen molar-refractivity contribution in [2.24, 2.45) is 28.6 Å². The van der Waals surface area contributed by atoms with Crippen LogP contribution in [-0.4, -0.2) is 0 Å². The first-order valence-electron chi connectivity index (χ1n) is 6.67. The van der Waals surface area contributed by atoms with Crippen molar-refractivity contribution in [3.05, 3.63) is 12.2 Å². The van der Waals surface area contributed by atoms with E-state index in [2.05, 4.69) is 27.4 Å². The molecule has 0 heteroatoms. The van der Waals surface area contributed by atoms with Gasteiger partial charge in [-0.15, -0.1) is 0 Å². The molecule has 3 fully saturated rings. The van der Waals surface area contributed by atoms with E-state index in [0.717, 1.165) is 17.8 Å². The molecule has 4 unspecified atom stereocenters. The fourth-order valence-corrected chi connectivity index (χ4v) is 5.50. The fourth-order valence-electron chi connectivity index (χ4n) is 5.50. The number of hydrogen-bond donors (Lipinski definition) is 0. The Kier molecular flexibility index (Phi) is 1.79. The van der Waals surface area contributed by atoms with E-state index in [1.807, 2.05) is 0 Å². The first-order chi connectivity index (χ1) is 6.98. The van der Waals surface area contributed by atoms with Crippen LogP contribution in [0, 0.1) is 28.6 Å². The minimum absolute atomic E-state index is 0.562. The third kappa shape index (κ3) is 0.990. The van der Waals surface area contributed by atoms with Gasteiger partial charge in [0, 0.05) is 0 Å². The van der Waals surface area contributed by atoms with E-state index in [1.54, 1.807) is 5.57 Å². The molecule has 84 valence electrons. The van der Waals surface area contributed by atoms with E-state index in [9.17, 15) is 0 Å². The predicted molar refractivity (Wildman–Crippen MR) is 64.6 cm³/mol. The van der Waals surface area contributed by atoms with Crippen LogP contribution >= 0.6 is 0 Å². The van der Waals surface area contributed by atoms with Gasteiger partial charge in [0.05, 0.1) is 0 Å².